The predicted molar refractivity (Wildman–Crippen MR) is 49.3 cm³/mol. The number of carbonyl (C=O) groups is 1. The summed E-state index contributed by atoms with van der Waals surface area (Å²) in [6, 6.07) is -0.467. The summed E-state index contributed by atoms with van der Waals surface area (Å²) in [5.41, 5.74) is 5.35. The molecule has 1 heterocycles. The second-order valence-corrected chi connectivity index (χ2v) is 4.07. The Morgan fingerprint density at radius 2 is 2.12 bits per heavy atom. The lowest BCUT2D eigenvalue weighted by atomic mass is 10.1. The number of likely N-dealkylation sites (tertiary alicyclic amines) is 1. The molecule has 1 saturated heterocycles. The normalized spacial score (nSPS) is 26.6. The maximum atomic E-state index is 12.8. The summed E-state index contributed by atoms with van der Waals surface area (Å²) < 4.78 is 49.6. The molecule has 0 saturated carbocycles. The Labute approximate surface area is 90.6 Å². The van der Waals surface area contributed by atoms with E-state index in [1.807, 2.05) is 0 Å². The van der Waals surface area contributed by atoms with Gasteiger partial charge in [-0.05, 0) is 25.8 Å². The highest BCUT2D eigenvalue weighted by Gasteiger charge is 2.53. The largest absolute Gasteiger partial charge is 0.383 e. The first-order chi connectivity index (χ1) is 7.30. The Kier molecular flexibility index (Phi) is 3.77. The molecule has 2 unspecified atom stereocenters. The van der Waals surface area contributed by atoms with Gasteiger partial charge in [0.05, 0.1) is 0 Å². The van der Waals surface area contributed by atoms with E-state index >= 15 is 0 Å². The van der Waals surface area contributed by atoms with Gasteiger partial charge in [-0.25, -0.2) is 8.78 Å². The average molecular weight is 242 g/mol. The van der Waals surface area contributed by atoms with E-state index in [0.29, 0.717) is 6.42 Å². The van der Waals surface area contributed by atoms with Gasteiger partial charge in [0.25, 0.3) is 5.91 Å². The number of amides is 1. The summed E-state index contributed by atoms with van der Waals surface area (Å²) in [6.07, 6.45) is -3.49. The summed E-state index contributed by atoms with van der Waals surface area (Å²) in [7, 11) is 0. The summed E-state index contributed by atoms with van der Waals surface area (Å²) >= 11 is 0. The zero-order valence-electron chi connectivity index (χ0n) is 8.80. The Morgan fingerprint density at radius 3 is 2.50 bits per heavy atom. The van der Waals surface area contributed by atoms with Gasteiger partial charge >= 0.3 is 12.3 Å². The summed E-state index contributed by atoms with van der Waals surface area (Å²) in [6.45, 7) is 1.84. The maximum Gasteiger partial charge on any atom is 0.383 e. The molecule has 2 atom stereocenters. The number of hydrogen-bond donors (Lipinski definition) is 1. The van der Waals surface area contributed by atoms with Crippen LogP contribution in [-0.4, -0.2) is 42.3 Å². The van der Waals surface area contributed by atoms with Gasteiger partial charge in [0.15, 0.2) is 0 Å². The summed E-state index contributed by atoms with van der Waals surface area (Å²) in [5, 5.41) is 0. The van der Waals surface area contributed by atoms with E-state index < -0.39 is 24.3 Å². The first-order valence-corrected chi connectivity index (χ1v) is 4.97. The Balaban J connectivity index is 2.75. The van der Waals surface area contributed by atoms with Gasteiger partial charge in [-0.1, -0.05) is 0 Å². The lowest BCUT2D eigenvalue weighted by Crippen LogP contribution is -2.49. The number of carbonyl (C=O) groups excluding carboxylic acids is 1. The SMILES string of the molecule is CC1CC(CN)CN1C(=O)C(F)(F)C(F)F. The van der Waals surface area contributed by atoms with E-state index in [2.05, 4.69) is 0 Å². The van der Waals surface area contributed by atoms with Crippen LogP contribution in [0.4, 0.5) is 17.6 Å². The number of hydrogen-bond acceptors (Lipinski definition) is 2. The molecule has 1 aliphatic heterocycles. The smallest absolute Gasteiger partial charge is 0.334 e. The van der Waals surface area contributed by atoms with Crippen molar-refractivity contribution in [2.45, 2.75) is 31.7 Å². The third-order valence-corrected chi connectivity index (χ3v) is 2.81. The van der Waals surface area contributed by atoms with Crippen LogP contribution in [0.25, 0.3) is 0 Å². The highest BCUT2D eigenvalue weighted by molar-refractivity contribution is 5.84. The number of nitrogens with zero attached hydrogens (tertiary/aromatic N) is 1. The van der Waals surface area contributed by atoms with E-state index in [4.69, 9.17) is 5.73 Å². The molecule has 0 radical (unpaired) electrons. The second-order valence-electron chi connectivity index (χ2n) is 4.07. The molecule has 0 aliphatic carbocycles. The van der Waals surface area contributed by atoms with E-state index in [1.165, 1.54) is 0 Å². The third kappa shape index (κ3) is 2.28. The minimum atomic E-state index is -4.60. The highest BCUT2D eigenvalue weighted by atomic mass is 19.3. The van der Waals surface area contributed by atoms with Crippen molar-refractivity contribution in [1.29, 1.82) is 0 Å². The topological polar surface area (TPSA) is 46.3 Å². The predicted octanol–water partition coefficient (Wildman–Crippen LogP) is 1.08. The van der Waals surface area contributed by atoms with Gasteiger partial charge in [-0.15, -0.1) is 0 Å². The molecular formula is C9H14F4N2O. The van der Waals surface area contributed by atoms with Crippen molar-refractivity contribution in [1.82, 2.24) is 4.90 Å². The monoisotopic (exact) mass is 242 g/mol. The molecular weight excluding hydrogens is 228 g/mol. The van der Waals surface area contributed by atoms with Crippen LogP contribution in [0.3, 0.4) is 0 Å². The van der Waals surface area contributed by atoms with Gasteiger partial charge in [-0.2, -0.15) is 8.78 Å². The van der Waals surface area contributed by atoms with Crippen molar-refractivity contribution in [3.8, 4) is 0 Å². The minimum absolute atomic E-state index is 0.0266. The maximum absolute atomic E-state index is 12.8. The van der Waals surface area contributed by atoms with Crippen LogP contribution in [0.5, 0.6) is 0 Å². The van der Waals surface area contributed by atoms with Crippen molar-refractivity contribution in [2.75, 3.05) is 13.1 Å². The Bertz CT molecular complexity index is 272. The second kappa shape index (κ2) is 4.57. The van der Waals surface area contributed by atoms with Crippen LogP contribution in [0.15, 0.2) is 0 Å². The van der Waals surface area contributed by atoms with E-state index in [9.17, 15) is 22.4 Å². The van der Waals surface area contributed by atoms with Crippen LogP contribution < -0.4 is 5.73 Å². The first-order valence-electron chi connectivity index (χ1n) is 4.97. The molecule has 94 valence electrons. The lowest BCUT2D eigenvalue weighted by molar-refractivity contribution is -0.181. The molecule has 0 aromatic heterocycles. The first kappa shape index (κ1) is 13.2. The van der Waals surface area contributed by atoms with Crippen molar-refractivity contribution < 1.29 is 22.4 Å². The average Bonchev–Trinajstić information content (AvgIpc) is 2.58. The van der Waals surface area contributed by atoms with Gasteiger partial charge in [0.1, 0.15) is 0 Å². The van der Waals surface area contributed by atoms with Crippen molar-refractivity contribution >= 4 is 5.91 Å². The highest BCUT2D eigenvalue weighted by Crippen LogP contribution is 2.30. The summed E-state index contributed by atoms with van der Waals surface area (Å²) in [4.78, 5) is 12.0. The van der Waals surface area contributed by atoms with Crippen LogP contribution in [0.1, 0.15) is 13.3 Å². The van der Waals surface area contributed by atoms with Crippen molar-refractivity contribution in [2.24, 2.45) is 11.7 Å². The molecule has 16 heavy (non-hydrogen) atoms. The van der Waals surface area contributed by atoms with Crippen LogP contribution >= 0.6 is 0 Å². The fraction of sp³-hybridized carbons (Fsp3) is 0.889. The quantitative estimate of drug-likeness (QED) is 0.753. The van der Waals surface area contributed by atoms with Crippen LogP contribution in [0.2, 0.25) is 0 Å². The number of halogens is 4. The molecule has 3 nitrogen and oxygen atoms in total. The van der Waals surface area contributed by atoms with Gasteiger partial charge < -0.3 is 10.6 Å². The van der Waals surface area contributed by atoms with E-state index in [0.717, 1.165) is 4.90 Å². The molecule has 2 N–H and O–H groups in total. The molecule has 0 aromatic rings. The number of rotatable bonds is 3. The minimum Gasteiger partial charge on any atom is -0.334 e. The molecule has 1 amide bonds. The Morgan fingerprint density at radius 1 is 1.56 bits per heavy atom. The molecule has 0 bridgehead atoms. The van der Waals surface area contributed by atoms with Crippen LogP contribution in [0, 0.1) is 5.92 Å². The molecule has 1 fully saturated rings. The lowest BCUT2D eigenvalue weighted by Gasteiger charge is -2.26. The molecule has 1 rings (SSSR count). The van der Waals surface area contributed by atoms with Gasteiger partial charge in [0, 0.05) is 12.6 Å². The van der Waals surface area contributed by atoms with Crippen molar-refractivity contribution in [3.63, 3.8) is 0 Å². The molecule has 0 spiro atoms. The molecule has 1 aliphatic rings. The fourth-order valence-corrected chi connectivity index (χ4v) is 1.88. The zero-order chi connectivity index (χ0) is 12.5. The number of nitrogens with two attached hydrogens (primary N) is 1. The zero-order valence-corrected chi connectivity index (χ0v) is 8.80. The summed E-state index contributed by atoms with van der Waals surface area (Å²) in [5.74, 6) is -6.49. The van der Waals surface area contributed by atoms with Crippen LogP contribution in [-0.2, 0) is 4.79 Å². The Hall–Kier alpha value is -0.850. The standard InChI is InChI=1S/C9H14F4N2O/c1-5-2-6(3-14)4-15(5)8(16)9(12,13)7(10)11/h5-7H,2-4,14H2,1H3. The van der Waals surface area contributed by atoms with Gasteiger partial charge in [-0.3, -0.25) is 4.79 Å². The molecule has 7 heteroatoms. The fourth-order valence-electron chi connectivity index (χ4n) is 1.88. The van der Waals surface area contributed by atoms with Crippen molar-refractivity contribution in [3.05, 3.63) is 0 Å². The van der Waals surface area contributed by atoms with E-state index in [1.54, 1.807) is 6.92 Å². The molecule has 0 aromatic carbocycles. The third-order valence-electron chi connectivity index (χ3n) is 2.81. The number of alkyl halides is 4. The van der Waals surface area contributed by atoms with E-state index in [-0.39, 0.29) is 19.0 Å². The van der Waals surface area contributed by atoms with Gasteiger partial charge in [0.2, 0.25) is 0 Å².